The van der Waals surface area contributed by atoms with Crippen molar-refractivity contribution >= 4 is 30.3 Å². The fourth-order valence-electron chi connectivity index (χ4n) is 4.62. The van der Waals surface area contributed by atoms with Gasteiger partial charge in [0, 0.05) is 54.8 Å². The average Bonchev–Trinajstić information content (AvgIpc) is 3.42. The summed E-state index contributed by atoms with van der Waals surface area (Å²) < 4.78 is 1.89. The Morgan fingerprint density at radius 2 is 1.85 bits per heavy atom. The lowest BCUT2D eigenvalue weighted by Gasteiger charge is -2.29. The molecule has 0 bridgehead atoms. The molecule has 0 unspecified atom stereocenters. The van der Waals surface area contributed by atoms with E-state index >= 15 is 0 Å². The number of anilines is 1. The molecule has 2 aliphatic rings. The molecule has 2 atom stereocenters. The number of aliphatic hydroxyl groups excluding tert-OH is 1. The molecule has 0 aliphatic carbocycles. The first kappa shape index (κ1) is 26.0. The Bertz CT molecular complexity index is 974. The van der Waals surface area contributed by atoms with Crippen LogP contribution in [0.2, 0.25) is 0 Å². The SMILES string of the molecule is Cc1nc2ccnn2c(N2C[C@H]3CN(C(=O)CN(C)C)C[C@@]3(CO)C2)c1C.O=CO.O=CO. The highest BCUT2D eigenvalue weighted by molar-refractivity contribution is 5.78. The van der Waals surface area contributed by atoms with Crippen molar-refractivity contribution in [1.29, 1.82) is 0 Å². The lowest BCUT2D eigenvalue weighted by Crippen LogP contribution is -2.42. The van der Waals surface area contributed by atoms with Crippen molar-refractivity contribution in [2.75, 3.05) is 58.3 Å². The van der Waals surface area contributed by atoms with Gasteiger partial charge in [-0.15, -0.1) is 0 Å². The Hall–Kier alpha value is -3.25. The highest BCUT2D eigenvalue weighted by atomic mass is 16.3. The van der Waals surface area contributed by atoms with Crippen molar-refractivity contribution in [3.63, 3.8) is 0 Å². The number of rotatable bonds is 4. The topological polar surface area (TPSA) is 152 Å². The summed E-state index contributed by atoms with van der Waals surface area (Å²) in [4.78, 5) is 40.0. The zero-order valence-corrected chi connectivity index (χ0v) is 19.4. The van der Waals surface area contributed by atoms with Crippen molar-refractivity contribution in [3.05, 3.63) is 23.5 Å². The van der Waals surface area contributed by atoms with Crippen molar-refractivity contribution in [2.45, 2.75) is 13.8 Å². The number of amides is 1. The van der Waals surface area contributed by atoms with E-state index in [0.717, 1.165) is 35.8 Å². The maximum absolute atomic E-state index is 12.5. The van der Waals surface area contributed by atoms with Crippen LogP contribution in [0.3, 0.4) is 0 Å². The summed E-state index contributed by atoms with van der Waals surface area (Å²) in [7, 11) is 3.81. The fraction of sp³-hybridized carbons (Fsp3) is 0.571. The molecule has 3 N–H and O–H groups in total. The number of hydrogen-bond donors (Lipinski definition) is 3. The molecule has 0 spiro atoms. The monoisotopic (exact) mass is 464 g/mol. The van der Waals surface area contributed by atoms with Crippen LogP contribution in [0.5, 0.6) is 0 Å². The number of fused-ring (bicyclic) bond motifs is 2. The van der Waals surface area contributed by atoms with E-state index in [9.17, 15) is 9.90 Å². The van der Waals surface area contributed by atoms with E-state index in [4.69, 9.17) is 19.8 Å². The summed E-state index contributed by atoms with van der Waals surface area (Å²) in [5, 5.41) is 28.5. The molecule has 4 rings (SSSR count). The quantitative estimate of drug-likeness (QED) is 0.508. The zero-order chi connectivity index (χ0) is 24.8. The van der Waals surface area contributed by atoms with E-state index in [1.54, 1.807) is 6.20 Å². The molecule has 2 saturated heterocycles. The summed E-state index contributed by atoms with van der Waals surface area (Å²) >= 11 is 0. The summed E-state index contributed by atoms with van der Waals surface area (Å²) in [5.74, 6) is 1.45. The Labute approximate surface area is 192 Å². The molecule has 2 aromatic rings. The zero-order valence-electron chi connectivity index (χ0n) is 19.4. The standard InChI is InChI=1S/C19H28N6O2.2CH2O2/c1-13-14(2)21-16-5-6-20-25(16)18(13)24-8-15-7-23(17(27)9-22(3)4)10-19(15,11-24)12-26;2*2-1-3/h5-6,15,26H,7-12H2,1-4H3;2*1H,(H,2,3)/t15-,19+;;/m1../s1. The van der Waals surface area contributed by atoms with Gasteiger partial charge >= 0.3 is 0 Å². The van der Waals surface area contributed by atoms with Crippen LogP contribution in [0, 0.1) is 25.2 Å². The number of aromatic nitrogens is 3. The van der Waals surface area contributed by atoms with E-state index in [2.05, 4.69) is 21.9 Å². The Morgan fingerprint density at radius 3 is 2.39 bits per heavy atom. The minimum atomic E-state index is -0.273. The summed E-state index contributed by atoms with van der Waals surface area (Å²) in [6, 6.07) is 1.91. The molecule has 0 saturated carbocycles. The number of hydrogen-bond acceptors (Lipinski definition) is 8. The average molecular weight is 465 g/mol. The maximum Gasteiger partial charge on any atom is 0.290 e. The number of likely N-dealkylation sites (N-methyl/N-ethyl adjacent to an activating group) is 1. The summed E-state index contributed by atoms with van der Waals surface area (Å²) in [5.41, 5.74) is 2.67. The van der Waals surface area contributed by atoms with Crippen LogP contribution in [-0.2, 0) is 14.4 Å². The first-order valence-corrected chi connectivity index (χ1v) is 10.4. The van der Waals surface area contributed by atoms with E-state index in [0.29, 0.717) is 19.6 Å². The number of nitrogens with zero attached hydrogens (tertiary/aromatic N) is 6. The second-order valence-corrected chi connectivity index (χ2v) is 8.57. The minimum Gasteiger partial charge on any atom is -0.483 e. The van der Waals surface area contributed by atoms with E-state index in [1.165, 1.54) is 0 Å². The predicted molar refractivity (Wildman–Crippen MR) is 120 cm³/mol. The fourth-order valence-corrected chi connectivity index (χ4v) is 4.62. The van der Waals surface area contributed by atoms with Gasteiger partial charge in [0.1, 0.15) is 5.82 Å². The third-order valence-electron chi connectivity index (χ3n) is 6.16. The molecule has 1 amide bonds. The summed E-state index contributed by atoms with van der Waals surface area (Å²) in [6.07, 6.45) is 1.77. The molecule has 2 aliphatic heterocycles. The lowest BCUT2D eigenvalue weighted by molar-refractivity contribution is -0.131. The highest BCUT2D eigenvalue weighted by Gasteiger charge is 2.53. The van der Waals surface area contributed by atoms with Gasteiger partial charge in [0.2, 0.25) is 5.91 Å². The molecule has 12 nitrogen and oxygen atoms in total. The van der Waals surface area contributed by atoms with Gasteiger partial charge < -0.3 is 30.0 Å². The largest absolute Gasteiger partial charge is 0.483 e. The first-order valence-electron chi connectivity index (χ1n) is 10.4. The lowest BCUT2D eigenvalue weighted by atomic mass is 9.82. The molecule has 182 valence electrons. The summed E-state index contributed by atoms with van der Waals surface area (Å²) in [6.45, 7) is 6.94. The van der Waals surface area contributed by atoms with Crippen LogP contribution in [0.1, 0.15) is 11.3 Å². The van der Waals surface area contributed by atoms with Crippen LogP contribution >= 0.6 is 0 Å². The van der Waals surface area contributed by atoms with Crippen LogP contribution in [0.15, 0.2) is 12.3 Å². The Morgan fingerprint density at radius 1 is 1.21 bits per heavy atom. The number of carboxylic acid groups (broad SMARTS) is 2. The normalized spacial score (nSPS) is 21.2. The van der Waals surface area contributed by atoms with Gasteiger partial charge in [-0.05, 0) is 27.9 Å². The molecular formula is C21H32N6O6. The van der Waals surface area contributed by atoms with E-state index in [-0.39, 0.29) is 36.8 Å². The van der Waals surface area contributed by atoms with Crippen molar-refractivity contribution in [2.24, 2.45) is 11.3 Å². The van der Waals surface area contributed by atoms with Gasteiger partial charge in [0.25, 0.3) is 12.9 Å². The molecule has 4 heterocycles. The Kier molecular flexibility index (Phi) is 8.71. The van der Waals surface area contributed by atoms with Gasteiger partial charge in [-0.25, -0.2) is 4.98 Å². The third-order valence-corrected chi connectivity index (χ3v) is 6.16. The molecule has 33 heavy (non-hydrogen) atoms. The van der Waals surface area contributed by atoms with E-state index < -0.39 is 0 Å². The molecular weight excluding hydrogens is 432 g/mol. The van der Waals surface area contributed by atoms with Crippen molar-refractivity contribution in [3.8, 4) is 0 Å². The van der Waals surface area contributed by atoms with Crippen LogP contribution in [-0.4, -0.2) is 112 Å². The Balaban J connectivity index is 0.000000582. The van der Waals surface area contributed by atoms with Gasteiger partial charge in [-0.3, -0.25) is 14.4 Å². The molecule has 12 heteroatoms. The number of aliphatic hydroxyl groups is 1. The van der Waals surface area contributed by atoms with E-state index in [1.807, 2.05) is 41.4 Å². The number of likely N-dealkylation sites (tertiary alicyclic amines) is 1. The molecule has 0 radical (unpaired) electrons. The van der Waals surface area contributed by atoms with Crippen molar-refractivity contribution < 1.29 is 29.7 Å². The first-order chi connectivity index (χ1) is 15.7. The van der Waals surface area contributed by atoms with Crippen LogP contribution in [0.25, 0.3) is 5.65 Å². The van der Waals surface area contributed by atoms with Crippen molar-refractivity contribution in [1.82, 2.24) is 24.4 Å². The van der Waals surface area contributed by atoms with Gasteiger partial charge in [-0.2, -0.15) is 9.61 Å². The van der Waals surface area contributed by atoms with Crippen LogP contribution in [0.4, 0.5) is 5.82 Å². The number of aryl methyl sites for hydroxylation is 1. The molecule has 2 fully saturated rings. The second-order valence-electron chi connectivity index (χ2n) is 8.57. The second kappa shape index (κ2) is 11.1. The molecule has 2 aromatic heterocycles. The number of carbonyl (C=O) groups excluding carboxylic acids is 1. The van der Waals surface area contributed by atoms with Gasteiger partial charge in [0.15, 0.2) is 5.65 Å². The number of carbonyl (C=O) groups is 3. The van der Waals surface area contributed by atoms with Crippen LogP contribution < -0.4 is 4.90 Å². The third kappa shape index (κ3) is 5.40. The predicted octanol–water partition coefficient (Wildman–Crippen LogP) is -0.434. The minimum absolute atomic E-state index is 0.0886. The smallest absolute Gasteiger partial charge is 0.290 e. The molecule has 0 aromatic carbocycles. The van der Waals surface area contributed by atoms with Gasteiger partial charge in [-0.1, -0.05) is 0 Å². The highest BCUT2D eigenvalue weighted by Crippen LogP contribution is 2.44. The van der Waals surface area contributed by atoms with Gasteiger partial charge in [0.05, 0.1) is 19.3 Å². The maximum atomic E-state index is 12.5.